The van der Waals surface area contributed by atoms with E-state index in [1.165, 1.54) is 12.1 Å². The maximum atomic E-state index is 12.5. The molecule has 0 aliphatic rings. The number of hydrogen-bond donors (Lipinski definition) is 2. The standard InChI is InChI=1S/C24H24N2O5S/c1-2-16-32(29,30)22-15-9-7-13-20(22)24(28)26-25-23(27)17-31-21-14-8-6-12-19(21)18-10-4-3-5-11-18/h3-15H,2,16-17H2,1H3,(H,25,27)(H,26,28). The summed E-state index contributed by atoms with van der Waals surface area (Å²) in [7, 11) is -3.60. The Morgan fingerprint density at radius 1 is 0.844 bits per heavy atom. The normalized spacial score (nSPS) is 10.9. The molecule has 7 nitrogen and oxygen atoms in total. The molecule has 0 aromatic heterocycles. The second-order valence-electron chi connectivity index (χ2n) is 6.97. The largest absolute Gasteiger partial charge is 0.483 e. The van der Waals surface area contributed by atoms with Gasteiger partial charge in [-0.05, 0) is 30.2 Å². The number of carbonyl (C=O) groups is 2. The first kappa shape index (κ1) is 23.0. The molecule has 0 fully saturated rings. The van der Waals surface area contributed by atoms with Crippen molar-refractivity contribution >= 4 is 21.7 Å². The van der Waals surface area contributed by atoms with Crippen molar-refractivity contribution in [3.63, 3.8) is 0 Å². The molecule has 2 amide bonds. The number of nitrogens with one attached hydrogen (secondary N) is 2. The molecular weight excluding hydrogens is 428 g/mol. The number of hydrogen-bond acceptors (Lipinski definition) is 5. The van der Waals surface area contributed by atoms with Gasteiger partial charge in [-0.25, -0.2) is 8.42 Å². The number of para-hydroxylation sites is 1. The lowest BCUT2D eigenvalue weighted by atomic mass is 10.1. The van der Waals surface area contributed by atoms with E-state index in [-0.39, 0.29) is 22.8 Å². The average Bonchev–Trinajstić information content (AvgIpc) is 2.82. The molecule has 32 heavy (non-hydrogen) atoms. The molecule has 0 aliphatic heterocycles. The van der Waals surface area contributed by atoms with Gasteiger partial charge in [-0.15, -0.1) is 0 Å². The summed E-state index contributed by atoms with van der Waals surface area (Å²) in [5, 5.41) is 0. The van der Waals surface area contributed by atoms with Crippen molar-refractivity contribution in [1.82, 2.24) is 10.9 Å². The lowest BCUT2D eigenvalue weighted by molar-refractivity contribution is -0.123. The van der Waals surface area contributed by atoms with Crippen LogP contribution in [0.15, 0.2) is 83.8 Å². The van der Waals surface area contributed by atoms with Crippen LogP contribution in [0.4, 0.5) is 0 Å². The number of hydrazine groups is 1. The molecule has 3 rings (SSSR count). The summed E-state index contributed by atoms with van der Waals surface area (Å²) in [5.74, 6) is -0.859. The van der Waals surface area contributed by atoms with E-state index in [0.717, 1.165) is 11.1 Å². The third-order valence-corrected chi connectivity index (χ3v) is 6.56. The van der Waals surface area contributed by atoms with Crippen LogP contribution in [0.5, 0.6) is 5.75 Å². The van der Waals surface area contributed by atoms with Gasteiger partial charge in [0.05, 0.1) is 16.2 Å². The van der Waals surface area contributed by atoms with Crippen LogP contribution in [0, 0.1) is 0 Å². The molecule has 2 N–H and O–H groups in total. The Balaban J connectivity index is 1.62. The molecular formula is C24H24N2O5S. The molecule has 0 heterocycles. The summed E-state index contributed by atoms with van der Waals surface area (Å²) in [6.07, 6.45) is 0.427. The number of amides is 2. The van der Waals surface area contributed by atoms with Crippen molar-refractivity contribution in [3.8, 4) is 16.9 Å². The molecule has 0 unspecified atom stereocenters. The molecule has 0 saturated carbocycles. The third-order valence-electron chi connectivity index (χ3n) is 4.59. The van der Waals surface area contributed by atoms with E-state index < -0.39 is 21.7 Å². The summed E-state index contributed by atoms with van der Waals surface area (Å²) in [6.45, 7) is 1.41. The van der Waals surface area contributed by atoms with Crippen LogP contribution in [0.1, 0.15) is 23.7 Å². The van der Waals surface area contributed by atoms with E-state index in [1.54, 1.807) is 31.2 Å². The highest BCUT2D eigenvalue weighted by Crippen LogP contribution is 2.29. The third kappa shape index (κ3) is 5.73. The van der Waals surface area contributed by atoms with Crippen molar-refractivity contribution in [2.75, 3.05) is 12.4 Å². The first-order chi connectivity index (χ1) is 15.4. The van der Waals surface area contributed by atoms with Gasteiger partial charge in [-0.1, -0.05) is 67.6 Å². The summed E-state index contributed by atoms with van der Waals surface area (Å²) < 4.78 is 30.5. The first-order valence-corrected chi connectivity index (χ1v) is 11.8. The monoisotopic (exact) mass is 452 g/mol. The molecule has 0 spiro atoms. The van der Waals surface area contributed by atoms with Gasteiger partial charge in [-0.2, -0.15) is 0 Å². The topological polar surface area (TPSA) is 102 Å². The van der Waals surface area contributed by atoms with Crippen molar-refractivity contribution in [1.29, 1.82) is 0 Å². The van der Waals surface area contributed by atoms with E-state index >= 15 is 0 Å². The van der Waals surface area contributed by atoms with Gasteiger partial charge in [0.25, 0.3) is 11.8 Å². The number of carbonyl (C=O) groups excluding carboxylic acids is 2. The fraction of sp³-hybridized carbons (Fsp3) is 0.167. The fourth-order valence-corrected chi connectivity index (χ4v) is 4.67. The van der Waals surface area contributed by atoms with Crippen LogP contribution in [-0.4, -0.2) is 32.6 Å². The zero-order valence-corrected chi connectivity index (χ0v) is 18.4. The minimum atomic E-state index is -3.60. The maximum Gasteiger partial charge on any atom is 0.276 e. The molecule has 166 valence electrons. The van der Waals surface area contributed by atoms with Crippen LogP contribution in [0.25, 0.3) is 11.1 Å². The van der Waals surface area contributed by atoms with Gasteiger partial charge in [0, 0.05) is 5.56 Å². The van der Waals surface area contributed by atoms with Crippen LogP contribution in [-0.2, 0) is 14.6 Å². The zero-order chi connectivity index (χ0) is 23.0. The Morgan fingerprint density at radius 3 is 2.25 bits per heavy atom. The van der Waals surface area contributed by atoms with E-state index in [4.69, 9.17) is 4.74 Å². The Morgan fingerprint density at radius 2 is 1.50 bits per heavy atom. The lowest BCUT2D eigenvalue weighted by Crippen LogP contribution is -2.44. The van der Waals surface area contributed by atoms with Crippen LogP contribution >= 0.6 is 0 Å². The molecule has 0 radical (unpaired) electrons. The maximum absolute atomic E-state index is 12.5. The van der Waals surface area contributed by atoms with Crippen molar-refractivity contribution < 1.29 is 22.7 Å². The van der Waals surface area contributed by atoms with Gasteiger partial charge in [0.2, 0.25) is 0 Å². The summed E-state index contributed by atoms with van der Waals surface area (Å²) in [5.41, 5.74) is 6.26. The highest BCUT2D eigenvalue weighted by atomic mass is 32.2. The SMILES string of the molecule is CCCS(=O)(=O)c1ccccc1C(=O)NNC(=O)COc1ccccc1-c1ccccc1. The van der Waals surface area contributed by atoms with Crippen LogP contribution in [0.2, 0.25) is 0 Å². The van der Waals surface area contributed by atoms with Gasteiger partial charge in [0.15, 0.2) is 16.4 Å². The van der Waals surface area contributed by atoms with Crippen LogP contribution < -0.4 is 15.6 Å². The fourth-order valence-electron chi connectivity index (χ4n) is 3.13. The number of ether oxygens (including phenoxy) is 1. The minimum Gasteiger partial charge on any atom is -0.483 e. The Labute approximate surface area is 187 Å². The Bertz CT molecular complexity index is 1190. The molecule has 0 aliphatic carbocycles. The summed E-state index contributed by atoms with van der Waals surface area (Å²) in [6, 6.07) is 22.8. The van der Waals surface area contributed by atoms with E-state index in [1.807, 2.05) is 42.5 Å². The van der Waals surface area contributed by atoms with Gasteiger partial charge in [-0.3, -0.25) is 20.4 Å². The molecule has 3 aromatic carbocycles. The highest BCUT2D eigenvalue weighted by Gasteiger charge is 2.21. The Kier molecular flexibility index (Phi) is 7.62. The molecule has 0 saturated heterocycles. The zero-order valence-electron chi connectivity index (χ0n) is 17.6. The molecule has 3 aromatic rings. The van der Waals surface area contributed by atoms with Gasteiger partial charge in [0.1, 0.15) is 5.75 Å². The number of sulfone groups is 1. The average molecular weight is 453 g/mol. The minimum absolute atomic E-state index is 0.0309. The van der Waals surface area contributed by atoms with Gasteiger partial charge < -0.3 is 4.74 Å². The second-order valence-corrected chi connectivity index (χ2v) is 9.05. The van der Waals surface area contributed by atoms with Crippen LogP contribution in [0.3, 0.4) is 0 Å². The van der Waals surface area contributed by atoms with Crippen molar-refractivity contribution in [2.45, 2.75) is 18.2 Å². The first-order valence-electron chi connectivity index (χ1n) is 10.1. The number of benzene rings is 3. The van der Waals surface area contributed by atoms with Crippen molar-refractivity contribution in [2.24, 2.45) is 0 Å². The van der Waals surface area contributed by atoms with Gasteiger partial charge >= 0.3 is 0 Å². The molecule has 8 heteroatoms. The molecule has 0 atom stereocenters. The second kappa shape index (κ2) is 10.6. The predicted molar refractivity (Wildman–Crippen MR) is 122 cm³/mol. The number of rotatable bonds is 8. The van der Waals surface area contributed by atoms with Crippen molar-refractivity contribution in [3.05, 3.63) is 84.4 Å². The summed E-state index contributed by atoms with van der Waals surface area (Å²) >= 11 is 0. The van der Waals surface area contributed by atoms with E-state index in [0.29, 0.717) is 12.2 Å². The predicted octanol–water partition coefficient (Wildman–Crippen LogP) is 3.38. The smallest absolute Gasteiger partial charge is 0.276 e. The quantitative estimate of drug-likeness (QED) is 0.510. The highest BCUT2D eigenvalue weighted by molar-refractivity contribution is 7.91. The Hall–Kier alpha value is -3.65. The summed E-state index contributed by atoms with van der Waals surface area (Å²) in [4.78, 5) is 24.7. The lowest BCUT2D eigenvalue weighted by Gasteiger charge is -2.13. The van der Waals surface area contributed by atoms with E-state index in [9.17, 15) is 18.0 Å². The van der Waals surface area contributed by atoms with E-state index in [2.05, 4.69) is 10.9 Å². The molecule has 0 bridgehead atoms.